The molecular formula is C27H31ClN4O6. The zero-order valence-electron chi connectivity index (χ0n) is 21.7. The SMILES string of the molecule is COC(=O)C=Cc1ccc(NC(=O)C2CCN(C(=O)OC(C)(C)C)CC2)c(C(=O)Nc2ccc(Cl)cn2)c1. The number of nitrogens with one attached hydrogen (secondary N) is 2. The molecule has 0 unspecified atom stereocenters. The molecule has 1 aliphatic heterocycles. The van der Waals surface area contributed by atoms with E-state index in [0.29, 0.717) is 42.2 Å². The quantitative estimate of drug-likeness (QED) is 0.398. The molecule has 10 nitrogen and oxygen atoms in total. The van der Waals surface area contributed by atoms with E-state index in [1.54, 1.807) is 56.0 Å². The number of halogens is 1. The van der Waals surface area contributed by atoms with Crippen LogP contribution in [0.15, 0.2) is 42.6 Å². The number of amides is 3. The second-order valence-electron chi connectivity index (χ2n) is 9.71. The number of piperidine rings is 1. The highest BCUT2D eigenvalue weighted by Gasteiger charge is 2.30. The van der Waals surface area contributed by atoms with E-state index in [1.807, 2.05) is 0 Å². The minimum absolute atomic E-state index is 0.174. The van der Waals surface area contributed by atoms with Crippen molar-refractivity contribution in [3.8, 4) is 0 Å². The van der Waals surface area contributed by atoms with Gasteiger partial charge in [0.1, 0.15) is 11.4 Å². The van der Waals surface area contributed by atoms with Crippen LogP contribution in [0.1, 0.15) is 49.5 Å². The molecule has 2 heterocycles. The Morgan fingerprint density at radius 1 is 1.08 bits per heavy atom. The molecule has 3 rings (SSSR count). The lowest BCUT2D eigenvalue weighted by atomic mass is 9.95. The van der Waals surface area contributed by atoms with Gasteiger partial charge in [-0.3, -0.25) is 9.59 Å². The molecule has 0 atom stereocenters. The smallest absolute Gasteiger partial charge is 0.410 e. The average molecular weight is 543 g/mol. The lowest BCUT2D eigenvalue weighted by Crippen LogP contribution is -2.43. The number of benzene rings is 1. The fourth-order valence-corrected chi connectivity index (χ4v) is 3.83. The summed E-state index contributed by atoms with van der Waals surface area (Å²) in [4.78, 5) is 55.7. The van der Waals surface area contributed by atoms with Crippen molar-refractivity contribution in [2.75, 3.05) is 30.8 Å². The summed E-state index contributed by atoms with van der Waals surface area (Å²) in [7, 11) is 1.27. The van der Waals surface area contributed by atoms with Crippen molar-refractivity contribution in [1.29, 1.82) is 0 Å². The van der Waals surface area contributed by atoms with Gasteiger partial charge in [0.2, 0.25) is 5.91 Å². The molecule has 1 aliphatic rings. The molecule has 0 bridgehead atoms. The summed E-state index contributed by atoms with van der Waals surface area (Å²) in [6, 6.07) is 7.95. The molecule has 202 valence electrons. The third-order valence-corrected chi connectivity index (χ3v) is 5.87. The number of carbonyl (C=O) groups excluding carboxylic acids is 4. The summed E-state index contributed by atoms with van der Waals surface area (Å²) in [6.45, 7) is 6.19. The van der Waals surface area contributed by atoms with E-state index in [-0.39, 0.29) is 23.2 Å². The zero-order valence-corrected chi connectivity index (χ0v) is 22.5. The minimum Gasteiger partial charge on any atom is -0.466 e. The molecule has 3 amide bonds. The number of pyridine rings is 1. The molecule has 2 N–H and O–H groups in total. The van der Waals surface area contributed by atoms with Crippen LogP contribution < -0.4 is 10.6 Å². The molecule has 38 heavy (non-hydrogen) atoms. The van der Waals surface area contributed by atoms with Crippen LogP contribution in [-0.4, -0.2) is 59.6 Å². The summed E-state index contributed by atoms with van der Waals surface area (Å²) in [5, 5.41) is 5.95. The predicted octanol–water partition coefficient (Wildman–Crippen LogP) is 4.76. The van der Waals surface area contributed by atoms with Crippen LogP contribution in [0, 0.1) is 5.92 Å². The normalized spacial score (nSPS) is 14.2. The van der Waals surface area contributed by atoms with Crippen LogP contribution in [0.3, 0.4) is 0 Å². The molecular weight excluding hydrogens is 512 g/mol. The van der Waals surface area contributed by atoms with Crippen LogP contribution in [0.4, 0.5) is 16.3 Å². The third-order valence-electron chi connectivity index (χ3n) is 5.65. The summed E-state index contributed by atoms with van der Waals surface area (Å²) in [5.74, 6) is -1.38. The number of carbonyl (C=O) groups is 4. The van der Waals surface area contributed by atoms with Crippen LogP contribution in [0.2, 0.25) is 5.02 Å². The Morgan fingerprint density at radius 3 is 2.39 bits per heavy atom. The third kappa shape index (κ3) is 8.31. The van der Waals surface area contributed by atoms with Crippen LogP contribution in [0.25, 0.3) is 6.08 Å². The maximum absolute atomic E-state index is 13.1. The van der Waals surface area contributed by atoms with Gasteiger partial charge in [0.25, 0.3) is 5.91 Å². The van der Waals surface area contributed by atoms with Crippen molar-refractivity contribution in [2.24, 2.45) is 5.92 Å². The fraction of sp³-hybridized carbons (Fsp3) is 0.370. The molecule has 1 aromatic heterocycles. The highest BCUT2D eigenvalue weighted by atomic mass is 35.5. The van der Waals surface area contributed by atoms with Crippen molar-refractivity contribution in [1.82, 2.24) is 9.88 Å². The first-order valence-electron chi connectivity index (χ1n) is 12.1. The van der Waals surface area contributed by atoms with E-state index in [2.05, 4.69) is 20.4 Å². The maximum atomic E-state index is 13.1. The van der Waals surface area contributed by atoms with Gasteiger partial charge in [-0.2, -0.15) is 0 Å². The van der Waals surface area contributed by atoms with Gasteiger partial charge in [0.05, 0.1) is 23.4 Å². The zero-order chi connectivity index (χ0) is 27.9. The van der Waals surface area contributed by atoms with Crippen molar-refractivity contribution >= 4 is 53.1 Å². The highest BCUT2D eigenvalue weighted by molar-refractivity contribution is 6.30. The fourth-order valence-electron chi connectivity index (χ4n) is 3.71. The lowest BCUT2D eigenvalue weighted by molar-refractivity contribution is -0.134. The molecule has 1 fully saturated rings. The van der Waals surface area contributed by atoms with E-state index in [1.165, 1.54) is 25.5 Å². The van der Waals surface area contributed by atoms with Gasteiger partial charge in [0, 0.05) is 31.3 Å². The molecule has 11 heteroatoms. The van der Waals surface area contributed by atoms with E-state index in [9.17, 15) is 19.2 Å². The number of hydrogen-bond acceptors (Lipinski definition) is 7. The summed E-state index contributed by atoms with van der Waals surface area (Å²) < 4.78 is 10.0. The van der Waals surface area contributed by atoms with E-state index in [0.717, 1.165) is 0 Å². The minimum atomic E-state index is -0.595. The highest BCUT2D eigenvalue weighted by Crippen LogP contribution is 2.25. The topological polar surface area (TPSA) is 127 Å². The summed E-state index contributed by atoms with van der Waals surface area (Å²) >= 11 is 5.87. The second-order valence-corrected chi connectivity index (χ2v) is 10.1. The van der Waals surface area contributed by atoms with Gasteiger partial charge >= 0.3 is 12.1 Å². The molecule has 0 radical (unpaired) electrons. The Bertz CT molecular complexity index is 1220. The number of likely N-dealkylation sites (tertiary alicyclic amines) is 1. The first-order chi connectivity index (χ1) is 17.9. The van der Waals surface area contributed by atoms with Crippen LogP contribution in [-0.2, 0) is 19.1 Å². The van der Waals surface area contributed by atoms with Crippen molar-refractivity contribution in [2.45, 2.75) is 39.2 Å². The van der Waals surface area contributed by atoms with E-state index >= 15 is 0 Å². The number of ether oxygens (including phenoxy) is 2. The standard InChI is InChI=1S/C27H31ClN4O6/c1-27(2,3)38-26(36)32-13-11-18(12-14-32)24(34)30-21-8-5-17(6-10-23(33)37-4)15-20(21)25(35)31-22-9-7-19(28)16-29-22/h5-10,15-16,18H,11-14H2,1-4H3,(H,30,34)(H,29,31,35). The average Bonchev–Trinajstić information content (AvgIpc) is 2.88. The number of aromatic nitrogens is 1. The molecule has 2 aromatic rings. The molecule has 1 saturated heterocycles. The maximum Gasteiger partial charge on any atom is 0.410 e. The van der Waals surface area contributed by atoms with Crippen LogP contribution >= 0.6 is 11.6 Å². The Kier molecular flexibility index (Phi) is 9.46. The van der Waals surface area contributed by atoms with Crippen molar-refractivity contribution < 1.29 is 28.7 Å². The van der Waals surface area contributed by atoms with Crippen molar-refractivity contribution in [3.63, 3.8) is 0 Å². The monoisotopic (exact) mass is 542 g/mol. The van der Waals surface area contributed by atoms with Gasteiger partial charge in [0.15, 0.2) is 0 Å². The molecule has 0 aliphatic carbocycles. The molecule has 0 spiro atoms. The predicted molar refractivity (Wildman–Crippen MR) is 144 cm³/mol. The second kappa shape index (κ2) is 12.6. The number of nitrogens with zero attached hydrogens (tertiary/aromatic N) is 2. The first kappa shape index (κ1) is 28.6. The van der Waals surface area contributed by atoms with Gasteiger partial charge in [-0.25, -0.2) is 14.6 Å². The van der Waals surface area contributed by atoms with Crippen LogP contribution in [0.5, 0.6) is 0 Å². The van der Waals surface area contributed by atoms with Gasteiger partial charge in [-0.15, -0.1) is 0 Å². The number of rotatable bonds is 6. The number of anilines is 2. The molecule has 1 aromatic carbocycles. The van der Waals surface area contributed by atoms with Gasteiger partial charge in [-0.1, -0.05) is 17.7 Å². The number of hydrogen-bond donors (Lipinski definition) is 2. The van der Waals surface area contributed by atoms with E-state index < -0.39 is 23.6 Å². The Morgan fingerprint density at radius 2 is 1.79 bits per heavy atom. The van der Waals surface area contributed by atoms with E-state index in [4.69, 9.17) is 16.3 Å². The van der Waals surface area contributed by atoms with Gasteiger partial charge in [-0.05, 0) is 69.5 Å². The lowest BCUT2D eigenvalue weighted by Gasteiger charge is -2.33. The summed E-state index contributed by atoms with van der Waals surface area (Å²) in [5.41, 5.74) is 0.426. The van der Waals surface area contributed by atoms with Crippen molar-refractivity contribution in [3.05, 3.63) is 58.8 Å². The molecule has 0 saturated carbocycles. The Labute approximate surface area is 226 Å². The Balaban J connectivity index is 1.75. The Hall–Kier alpha value is -3.92. The summed E-state index contributed by atoms with van der Waals surface area (Å²) in [6.07, 6.45) is 4.65. The number of esters is 1. The number of methoxy groups -OCH3 is 1. The largest absolute Gasteiger partial charge is 0.466 e. The first-order valence-corrected chi connectivity index (χ1v) is 12.4. The van der Waals surface area contributed by atoms with Gasteiger partial charge < -0.3 is 25.0 Å².